The summed E-state index contributed by atoms with van der Waals surface area (Å²) < 4.78 is 18.7. The van der Waals surface area contributed by atoms with Gasteiger partial charge < -0.3 is 15.8 Å². The zero-order valence-corrected chi connectivity index (χ0v) is 11.4. The van der Waals surface area contributed by atoms with Gasteiger partial charge in [0.1, 0.15) is 0 Å². The Morgan fingerprint density at radius 2 is 2.26 bits per heavy atom. The highest BCUT2D eigenvalue weighted by Gasteiger charge is 2.08. The Balaban J connectivity index is 2.53. The van der Waals surface area contributed by atoms with Crippen molar-refractivity contribution in [2.24, 2.45) is 11.7 Å². The lowest BCUT2D eigenvalue weighted by Gasteiger charge is -2.10. The first-order valence-electron chi connectivity index (χ1n) is 6.49. The Morgan fingerprint density at radius 3 is 2.84 bits per heavy atom. The summed E-state index contributed by atoms with van der Waals surface area (Å²) in [5.41, 5.74) is 5.92. The first-order chi connectivity index (χ1) is 9.06. The molecule has 1 aromatic rings. The number of halogens is 1. The van der Waals surface area contributed by atoms with E-state index in [-0.39, 0.29) is 11.7 Å². The maximum atomic E-state index is 13.6. The topological polar surface area (TPSA) is 64.3 Å². The zero-order chi connectivity index (χ0) is 14.3. The molecule has 1 aromatic carbocycles. The number of nitrogens with two attached hydrogens (primary N) is 1. The molecular weight excluding hydrogens is 247 g/mol. The molecule has 0 aromatic heterocycles. The van der Waals surface area contributed by atoms with Crippen LogP contribution in [0.2, 0.25) is 0 Å². The van der Waals surface area contributed by atoms with E-state index >= 15 is 0 Å². The summed E-state index contributed by atoms with van der Waals surface area (Å²) in [4.78, 5) is 11.6. The molecule has 0 bridgehead atoms. The molecular formula is C14H21FN2O2. The van der Waals surface area contributed by atoms with Gasteiger partial charge in [-0.15, -0.1) is 0 Å². The predicted molar refractivity (Wildman–Crippen MR) is 73.7 cm³/mol. The smallest absolute Gasteiger partial charge is 0.224 e. The molecule has 0 heterocycles. The van der Waals surface area contributed by atoms with Crippen LogP contribution in [0.25, 0.3) is 0 Å². The maximum Gasteiger partial charge on any atom is 0.224 e. The first kappa shape index (κ1) is 15.4. The lowest BCUT2D eigenvalue weighted by atomic mass is 10.1. The quantitative estimate of drug-likeness (QED) is 0.798. The normalized spacial score (nSPS) is 12.0. The third kappa shape index (κ3) is 5.26. The van der Waals surface area contributed by atoms with Gasteiger partial charge in [-0.2, -0.15) is 0 Å². The van der Waals surface area contributed by atoms with E-state index in [2.05, 4.69) is 5.32 Å². The molecule has 0 spiro atoms. The number of rotatable bonds is 7. The van der Waals surface area contributed by atoms with Crippen molar-refractivity contribution in [1.29, 1.82) is 0 Å². The molecule has 1 amide bonds. The minimum Gasteiger partial charge on any atom is -0.491 e. The van der Waals surface area contributed by atoms with E-state index in [1.165, 1.54) is 12.1 Å². The van der Waals surface area contributed by atoms with Gasteiger partial charge in [0.05, 0.1) is 6.61 Å². The molecule has 5 heteroatoms. The largest absolute Gasteiger partial charge is 0.491 e. The van der Waals surface area contributed by atoms with Gasteiger partial charge in [0, 0.05) is 18.2 Å². The third-order valence-corrected chi connectivity index (χ3v) is 2.78. The monoisotopic (exact) mass is 268 g/mol. The number of carbonyl (C=O) groups is 1. The predicted octanol–water partition coefficient (Wildman–Crippen LogP) is 2.54. The van der Waals surface area contributed by atoms with Crippen molar-refractivity contribution in [2.45, 2.75) is 26.7 Å². The van der Waals surface area contributed by atoms with Crippen molar-refractivity contribution in [3.05, 3.63) is 24.0 Å². The Bertz CT molecular complexity index is 424. The molecule has 0 saturated carbocycles. The molecule has 0 aliphatic rings. The van der Waals surface area contributed by atoms with Crippen LogP contribution in [0, 0.1) is 11.7 Å². The number of hydrogen-bond donors (Lipinski definition) is 2. The Kier molecular flexibility index (Phi) is 6.29. The second-order valence-electron chi connectivity index (χ2n) is 4.51. The summed E-state index contributed by atoms with van der Waals surface area (Å²) >= 11 is 0. The standard InChI is InChI=1S/C14H21FN2O2/c1-3-19-13-6-5-11(8-12(13)15)17-14(18)7-4-10(2)9-16/h5-6,8,10H,3-4,7,9,16H2,1-2H3,(H,17,18). The zero-order valence-electron chi connectivity index (χ0n) is 11.4. The fraction of sp³-hybridized carbons (Fsp3) is 0.500. The number of hydrogen-bond acceptors (Lipinski definition) is 3. The SMILES string of the molecule is CCOc1ccc(NC(=O)CCC(C)CN)cc1F. The molecule has 0 radical (unpaired) electrons. The van der Waals surface area contributed by atoms with Gasteiger partial charge in [0.2, 0.25) is 5.91 Å². The van der Waals surface area contributed by atoms with Crippen LogP contribution in [0.4, 0.5) is 10.1 Å². The number of amides is 1. The summed E-state index contributed by atoms with van der Waals surface area (Å²) in [6, 6.07) is 4.39. The maximum absolute atomic E-state index is 13.6. The Labute approximate surface area is 113 Å². The van der Waals surface area contributed by atoms with E-state index in [1.54, 1.807) is 13.0 Å². The van der Waals surface area contributed by atoms with Gasteiger partial charge in [-0.1, -0.05) is 6.92 Å². The van der Waals surface area contributed by atoms with E-state index in [0.717, 1.165) is 6.42 Å². The summed E-state index contributed by atoms with van der Waals surface area (Å²) in [6.45, 7) is 4.74. The number of carbonyl (C=O) groups excluding carboxylic acids is 1. The summed E-state index contributed by atoms with van der Waals surface area (Å²) in [5, 5.41) is 2.66. The van der Waals surface area contributed by atoms with Gasteiger partial charge >= 0.3 is 0 Å². The van der Waals surface area contributed by atoms with E-state index in [9.17, 15) is 9.18 Å². The van der Waals surface area contributed by atoms with Gasteiger partial charge in [0.15, 0.2) is 11.6 Å². The highest BCUT2D eigenvalue weighted by Crippen LogP contribution is 2.21. The second kappa shape index (κ2) is 7.74. The summed E-state index contributed by atoms with van der Waals surface area (Å²) in [5.74, 6) is -0.112. The fourth-order valence-corrected chi connectivity index (χ4v) is 1.57. The number of anilines is 1. The van der Waals surface area contributed by atoms with Crippen molar-refractivity contribution in [3.8, 4) is 5.75 Å². The molecule has 1 unspecified atom stereocenters. The van der Waals surface area contributed by atoms with E-state index in [0.29, 0.717) is 31.2 Å². The molecule has 19 heavy (non-hydrogen) atoms. The minimum atomic E-state index is -0.477. The van der Waals surface area contributed by atoms with Crippen LogP contribution < -0.4 is 15.8 Å². The van der Waals surface area contributed by atoms with Crippen molar-refractivity contribution in [1.82, 2.24) is 0 Å². The van der Waals surface area contributed by atoms with Gasteiger partial charge in [-0.25, -0.2) is 4.39 Å². The van der Waals surface area contributed by atoms with Crippen molar-refractivity contribution >= 4 is 11.6 Å². The number of ether oxygens (including phenoxy) is 1. The fourth-order valence-electron chi connectivity index (χ4n) is 1.57. The first-order valence-corrected chi connectivity index (χ1v) is 6.49. The molecule has 3 N–H and O–H groups in total. The molecule has 4 nitrogen and oxygen atoms in total. The average Bonchev–Trinajstić information content (AvgIpc) is 2.39. The van der Waals surface area contributed by atoms with Crippen LogP contribution in [-0.2, 0) is 4.79 Å². The molecule has 106 valence electrons. The Morgan fingerprint density at radius 1 is 1.53 bits per heavy atom. The van der Waals surface area contributed by atoms with E-state index in [4.69, 9.17) is 10.5 Å². The molecule has 0 aliphatic carbocycles. The van der Waals surface area contributed by atoms with Crippen LogP contribution in [0.3, 0.4) is 0 Å². The highest BCUT2D eigenvalue weighted by molar-refractivity contribution is 5.90. The summed E-state index contributed by atoms with van der Waals surface area (Å²) in [6.07, 6.45) is 1.11. The van der Waals surface area contributed by atoms with Crippen LogP contribution >= 0.6 is 0 Å². The third-order valence-electron chi connectivity index (χ3n) is 2.78. The number of nitrogens with one attached hydrogen (secondary N) is 1. The molecule has 1 atom stereocenters. The molecule has 0 aliphatic heterocycles. The summed E-state index contributed by atoms with van der Waals surface area (Å²) in [7, 11) is 0. The van der Waals surface area contributed by atoms with Crippen LogP contribution in [-0.4, -0.2) is 19.1 Å². The number of benzene rings is 1. The van der Waals surface area contributed by atoms with Crippen molar-refractivity contribution in [2.75, 3.05) is 18.5 Å². The van der Waals surface area contributed by atoms with Gasteiger partial charge in [0.25, 0.3) is 0 Å². The second-order valence-corrected chi connectivity index (χ2v) is 4.51. The van der Waals surface area contributed by atoms with Gasteiger partial charge in [-0.05, 0) is 37.9 Å². The van der Waals surface area contributed by atoms with Crippen LogP contribution in [0.1, 0.15) is 26.7 Å². The highest BCUT2D eigenvalue weighted by atomic mass is 19.1. The van der Waals surface area contributed by atoms with E-state index in [1.807, 2.05) is 6.92 Å². The van der Waals surface area contributed by atoms with Crippen molar-refractivity contribution < 1.29 is 13.9 Å². The average molecular weight is 268 g/mol. The van der Waals surface area contributed by atoms with E-state index < -0.39 is 5.82 Å². The lowest BCUT2D eigenvalue weighted by molar-refractivity contribution is -0.116. The molecule has 0 fully saturated rings. The molecule has 0 saturated heterocycles. The minimum absolute atomic E-state index is 0.135. The van der Waals surface area contributed by atoms with Crippen LogP contribution in [0.5, 0.6) is 5.75 Å². The van der Waals surface area contributed by atoms with Crippen LogP contribution in [0.15, 0.2) is 18.2 Å². The Hall–Kier alpha value is -1.62. The lowest BCUT2D eigenvalue weighted by Crippen LogP contribution is -2.16. The van der Waals surface area contributed by atoms with Gasteiger partial charge in [-0.3, -0.25) is 4.79 Å². The van der Waals surface area contributed by atoms with Crippen molar-refractivity contribution in [3.63, 3.8) is 0 Å². The molecule has 1 rings (SSSR count).